The third-order valence-electron chi connectivity index (χ3n) is 2.51. The number of thioether (sulfide) groups is 1. The molecule has 15 heavy (non-hydrogen) atoms. The minimum Gasteiger partial charge on any atom is -0.480 e. The summed E-state index contributed by atoms with van der Waals surface area (Å²) in [6.45, 7) is 2.61. The molecular weight excluding hydrogens is 210 g/mol. The topological polar surface area (TPSA) is 40.5 Å². The van der Waals surface area contributed by atoms with Crippen molar-refractivity contribution < 1.29 is 9.90 Å². The van der Waals surface area contributed by atoms with Crippen molar-refractivity contribution in [2.24, 2.45) is 0 Å². The number of nitrogens with zero attached hydrogens (tertiary/aromatic N) is 1. The van der Waals surface area contributed by atoms with Gasteiger partial charge in [-0.3, -0.25) is 4.79 Å². The third-order valence-corrected chi connectivity index (χ3v) is 3.74. The molecule has 3 nitrogen and oxygen atoms in total. The van der Waals surface area contributed by atoms with Gasteiger partial charge in [0.2, 0.25) is 0 Å². The van der Waals surface area contributed by atoms with Gasteiger partial charge in [-0.25, -0.2) is 0 Å². The first-order valence-electron chi connectivity index (χ1n) is 4.79. The van der Waals surface area contributed by atoms with Gasteiger partial charge in [-0.1, -0.05) is 6.07 Å². The molecule has 4 heteroatoms. The summed E-state index contributed by atoms with van der Waals surface area (Å²) in [6.07, 6.45) is 0. The molecule has 1 unspecified atom stereocenters. The van der Waals surface area contributed by atoms with Crippen LogP contribution in [0.4, 0.5) is 5.69 Å². The van der Waals surface area contributed by atoms with Gasteiger partial charge in [-0.05, 0) is 24.6 Å². The number of anilines is 1. The minimum atomic E-state index is -0.738. The van der Waals surface area contributed by atoms with Crippen molar-refractivity contribution in [3.63, 3.8) is 0 Å². The fourth-order valence-corrected chi connectivity index (χ4v) is 2.88. The number of aryl methyl sites for hydroxylation is 1. The van der Waals surface area contributed by atoms with Crippen molar-refractivity contribution in [2.45, 2.75) is 17.1 Å². The van der Waals surface area contributed by atoms with E-state index in [1.165, 1.54) is 17.3 Å². The largest absolute Gasteiger partial charge is 0.480 e. The Labute approximate surface area is 93.1 Å². The number of carboxylic acids is 1. The van der Waals surface area contributed by atoms with Crippen molar-refractivity contribution in [3.8, 4) is 0 Å². The maximum absolute atomic E-state index is 10.9. The second kappa shape index (κ2) is 3.77. The molecule has 1 aromatic rings. The van der Waals surface area contributed by atoms with Gasteiger partial charge in [0.05, 0.1) is 5.69 Å². The zero-order chi connectivity index (χ0) is 11.0. The molecule has 0 bridgehead atoms. The quantitative estimate of drug-likeness (QED) is 0.790. The highest BCUT2D eigenvalue weighted by atomic mass is 32.2. The highest BCUT2D eigenvalue weighted by Crippen LogP contribution is 2.38. The van der Waals surface area contributed by atoms with Crippen LogP contribution in [-0.4, -0.2) is 29.9 Å². The van der Waals surface area contributed by atoms with Gasteiger partial charge >= 0.3 is 5.97 Å². The van der Waals surface area contributed by atoms with E-state index in [0.29, 0.717) is 6.54 Å². The van der Waals surface area contributed by atoms with Crippen LogP contribution in [0.3, 0.4) is 0 Å². The Balaban J connectivity index is 2.36. The number of fused-ring (bicyclic) bond motifs is 1. The number of hydrogen-bond acceptors (Lipinski definition) is 3. The summed E-state index contributed by atoms with van der Waals surface area (Å²) >= 11 is 1.44. The summed E-state index contributed by atoms with van der Waals surface area (Å²) in [5, 5.41) is 8.63. The van der Waals surface area contributed by atoms with Crippen LogP contribution in [0, 0.1) is 6.92 Å². The van der Waals surface area contributed by atoms with Crippen molar-refractivity contribution in [2.75, 3.05) is 18.5 Å². The number of carbonyl (C=O) groups is 1. The lowest BCUT2D eigenvalue weighted by atomic mass is 10.2. The molecule has 1 aromatic carbocycles. The number of benzene rings is 1. The lowest BCUT2D eigenvalue weighted by Gasteiger charge is -2.31. The molecule has 1 aliphatic rings. The third kappa shape index (κ3) is 1.95. The number of rotatable bonds is 1. The van der Waals surface area contributed by atoms with Crippen LogP contribution in [-0.2, 0) is 4.79 Å². The van der Waals surface area contributed by atoms with Gasteiger partial charge in [0.15, 0.2) is 0 Å². The maximum atomic E-state index is 10.9. The van der Waals surface area contributed by atoms with E-state index in [4.69, 9.17) is 5.11 Å². The van der Waals surface area contributed by atoms with Crippen LogP contribution in [0.15, 0.2) is 23.1 Å². The van der Waals surface area contributed by atoms with Gasteiger partial charge in [0.25, 0.3) is 0 Å². The zero-order valence-corrected chi connectivity index (χ0v) is 9.54. The molecule has 1 N–H and O–H groups in total. The molecular formula is C11H13NO2S. The molecule has 0 radical (unpaired) electrons. The van der Waals surface area contributed by atoms with Crippen molar-refractivity contribution in [3.05, 3.63) is 23.8 Å². The van der Waals surface area contributed by atoms with Crippen LogP contribution in [0.2, 0.25) is 0 Å². The lowest BCUT2D eigenvalue weighted by molar-refractivity contribution is -0.136. The average molecular weight is 223 g/mol. The molecule has 1 aliphatic heterocycles. The Kier molecular flexibility index (Phi) is 2.61. The first-order valence-corrected chi connectivity index (χ1v) is 5.67. The first kappa shape index (κ1) is 10.4. The standard InChI is InChI=1S/C11H13NO2S/c1-7-3-4-9-8(5-7)12(2)6-10(15-9)11(13)14/h3-5,10H,6H2,1-2H3,(H,13,14). The van der Waals surface area contributed by atoms with Crippen LogP contribution < -0.4 is 4.90 Å². The molecule has 1 atom stereocenters. The summed E-state index contributed by atoms with van der Waals surface area (Å²) < 4.78 is 0. The average Bonchev–Trinajstić information content (AvgIpc) is 2.18. The van der Waals surface area contributed by atoms with E-state index in [2.05, 4.69) is 6.07 Å². The lowest BCUT2D eigenvalue weighted by Crippen LogP contribution is -2.35. The van der Waals surface area contributed by atoms with Gasteiger partial charge in [-0.15, -0.1) is 11.8 Å². The Hall–Kier alpha value is -1.16. The van der Waals surface area contributed by atoms with Crippen LogP contribution in [0.5, 0.6) is 0 Å². The van der Waals surface area contributed by atoms with Crippen molar-refractivity contribution in [1.82, 2.24) is 0 Å². The van der Waals surface area contributed by atoms with Gasteiger partial charge in [0, 0.05) is 18.5 Å². The van der Waals surface area contributed by atoms with Crippen LogP contribution in [0.25, 0.3) is 0 Å². The predicted octanol–water partition coefficient (Wildman–Crippen LogP) is 1.99. The first-order chi connectivity index (χ1) is 7.08. The Morgan fingerprint density at radius 1 is 1.60 bits per heavy atom. The zero-order valence-electron chi connectivity index (χ0n) is 8.73. The predicted molar refractivity (Wildman–Crippen MR) is 61.7 cm³/mol. The highest BCUT2D eigenvalue weighted by Gasteiger charge is 2.27. The van der Waals surface area contributed by atoms with Crippen molar-refractivity contribution in [1.29, 1.82) is 0 Å². The van der Waals surface area contributed by atoms with Crippen LogP contribution in [0.1, 0.15) is 5.56 Å². The molecule has 80 valence electrons. The van der Waals surface area contributed by atoms with E-state index < -0.39 is 5.97 Å². The fourth-order valence-electron chi connectivity index (χ4n) is 1.69. The molecule has 0 aliphatic carbocycles. The SMILES string of the molecule is Cc1ccc2c(c1)N(C)CC(C(=O)O)S2. The molecule has 0 saturated carbocycles. The highest BCUT2D eigenvalue weighted by molar-refractivity contribution is 8.00. The molecule has 2 rings (SSSR count). The van der Waals surface area contributed by atoms with E-state index in [0.717, 1.165) is 10.6 Å². The summed E-state index contributed by atoms with van der Waals surface area (Å²) in [4.78, 5) is 14.0. The van der Waals surface area contributed by atoms with Gasteiger partial charge in [0.1, 0.15) is 5.25 Å². The van der Waals surface area contributed by atoms with E-state index >= 15 is 0 Å². The monoisotopic (exact) mass is 223 g/mol. The molecule has 0 spiro atoms. The molecule has 0 amide bonds. The molecule has 1 heterocycles. The number of hydrogen-bond donors (Lipinski definition) is 1. The minimum absolute atomic E-state index is 0.356. The second-order valence-electron chi connectivity index (χ2n) is 3.80. The van der Waals surface area contributed by atoms with E-state index in [9.17, 15) is 4.79 Å². The van der Waals surface area contributed by atoms with E-state index in [1.807, 2.05) is 31.0 Å². The maximum Gasteiger partial charge on any atom is 0.318 e. The number of aliphatic carboxylic acids is 1. The normalized spacial score (nSPS) is 19.9. The summed E-state index contributed by atoms with van der Waals surface area (Å²) in [6, 6.07) is 6.12. The van der Waals surface area contributed by atoms with Crippen molar-refractivity contribution >= 4 is 23.4 Å². The summed E-state index contributed by atoms with van der Waals surface area (Å²) in [7, 11) is 1.94. The molecule has 0 saturated heterocycles. The molecule has 0 fully saturated rings. The van der Waals surface area contributed by atoms with Crippen LogP contribution >= 0.6 is 11.8 Å². The van der Waals surface area contributed by atoms with Gasteiger partial charge in [-0.2, -0.15) is 0 Å². The van der Waals surface area contributed by atoms with E-state index in [1.54, 1.807) is 0 Å². The Bertz CT molecular complexity index is 406. The second-order valence-corrected chi connectivity index (χ2v) is 5.04. The summed E-state index contributed by atoms with van der Waals surface area (Å²) in [5.74, 6) is -0.738. The van der Waals surface area contributed by atoms with Gasteiger partial charge < -0.3 is 10.0 Å². The number of carboxylic acid groups (broad SMARTS) is 1. The molecule has 0 aromatic heterocycles. The fraction of sp³-hybridized carbons (Fsp3) is 0.364. The Morgan fingerprint density at radius 3 is 3.00 bits per heavy atom. The smallest absolute Gasteiger partial charge is 0.318 e. The van der Waals surface area contributed by atoms with E-state index in [-0.39, 0.29) is 5.25 Å². The Morgan fingerprint density at radius 2 is 2.33 bits per heavy atom. The summed E-state index contributed by atoms with van der Waals surface area (Å²) in [5.41, 5.74) is 2.34.